The van der Waals surface area contributed by atoms with Gasteiger partial charge in [-0.25, -0.2) is 0 Å². The molecule has 0 saturated carbocycles. The van der Waals surface area contributed by atoms with Crippen molar-refractivity contribution in [1.82, 2.24) is 0 Å². The second kappa shape index (κ2) is 5.74. The zero-order chi connectivity index (χ0) is 15.0. The van der Waals surface area contributed by atoms with Crippen LogP contribution in [-0.4, -0.2) is 5.78 Å². The molecule has 0 unspecified atom stereocenters. The first kappa shape index (κ1) is 14.5. The average molecular weight is 404 g/mol. The van der Waals surface area contributed by atoms with E-state index in [0.717, 1.165) is 36.4 Å². The molecule has 21 heavy (non-hydrogen) atoms. The van der Waals surface area contributed by atoms with Gasteiger partial charge in [0.2, 0.25) is 0 Å². The van der Waals surface area contributed by atoms with Crippen LogP contribution < -0.4 is 0 Å². The number of carbonyl (C=O) groups is 1. The maximum absolute atomic E-state index is 12.9. The van der Waals surface area contributed by atoms with Gasteiger partial charge in [0.05, 0.1) is 0 Å². The van der Waals surface area contributed by atoms with E-state index >= 15 is 0 Å². The summed E-state index contributed by atoms with van der Waals surface area (Å²) in [4.78, 5) is 12.9. The molecule has 0 atom stereocenters. The third-order valence-electron chi connectivity index (χ3n) is 3.56. The van der Waals surface area contributed by atoms with Gasteiger partial charge in [0.1, 0.15) is 0 Å². The van der Waals surface area contributed by atoms with Crippen molar-refractivity contribution < 1.29 is 4.79 Å². The molecule has 0 spiro atoms. The lowest BCUT2D eigenvalue weighted by Gasteiger charge is -2.10. The van der Waals surface area contributed by atoms with Crippen molar-refractivity contribution in [2.24, 2.45) is 0 Å². The monoisotopic (exact) mass is 402 g/mol. The Balaban J connectivity index is 2.23. The second-order valence-corrected chi connectivity index (χ2v) is 6.70. The highest BCUT2D eigenvalue weighted by atomic mass is 79.9. The van der Waals surface area contributed by atoms with Gasteiger partial charge in [0.15, 0.2) is 5.78 Å². The van der Waals surface area contributed by atoms with Crippen molar-refractivity contribution >= 4 is 48.4 Å². The summed E-state index contributed by atoms with van der Waals surface area (Å²) in [5.74, 6) is 0.0532. The van der Waals surface area contributed by atoms with Gasteiger partial charge in [0.25, 0.3) is 0 Å². The van der Waals surface area contributed by atoms with Gasteiger partial charge in [-0.05, 0) is 47.5 Å². The molecule has 3 heteroatoms. The first-order valence-electron chi connectivity index (χ1n) is 6.56. The van der Waals surface area contributed by atoms with E-state index in [4.69, 9.17) is 0 Å². The van der Waals surface area contributed by atoms with E-state index in [9.17, 15) is 4.79 Å². The maximum Gasteiger partial charge on any atom is 0.193 e. The fraction of sp³-hybridized carbons (Fsp3) is 0.0556. The van der Waals surface area contributed by atoms with Crippen LogP contribution >= 0.6 is 31.9 Å². The Hall–Kier alpha value is -1.45. The Kier molecular flexibility index (Phi) is 3.96. The molecule has 0 bridgehead atoms. The van der Waals surface area contributed by atoms with Crippen LogP contribution in [0.3, 0.4) is 0 Å². The topological polar surface area (TPSA) is 17.1 Å². The van der Waals surface area contributed by atoms with Crippen LogP contribution in [0.25, 0.3) is 10.8 Å². The molecule has 0 saturated heterocycles. The van der Waals surface area contributed by atoms with E-state index in [2.05, 4.69) is 31.9 Å². The van der Waals surface area contributed by atoms with Crippen LogP contribution in [-0.2, 0) is 0 Å². The highest BCUT2D eigenvalue weighted by molar-refractivity contribution is 9.11. The van der Waals surface area contributed by atoms with Crippen molar-refractivity contribution in [1.29, 1.82) is 0 Å². The molecule has 0 aliphatic rings. The van der Waals surface area contributed by atoms with Crippen LogP contribution in [0.5, 0.6) is 0 Å². The lowest BCUT2D eigenvalue weighted by Crippen LogP contribution is -2.04. The minimum Gasteiger partial charge on any atom is -0.289 e. The van der Waals surface area contributed by atoms with Crippen molar-refractivity contribution in [2.45, 2.75) is 6.92 Å². The molecule has 0 N–H and O–H groups in total. The fourth-order valence-corrected chi connectivity index (χ4v) is 3.28. The molecule has 1 nitrogen and oxygen atoms in total. The Bertz CT molecular complexity index is 853. The summed E-state index contributed by atoms with van der Waals surface area (Å²) in [6, 6.07) is 17.5. The first-order valence-corrected chi connectivity index (χ1v) is 8.14. The molecule has 0 aliphatic heterocycles. The molecule has 0 aliphatic carbocycles. The number of carbonyl (C=O) groups excluding carboxylic acids is 1. The number of aryl methyl sites for hydroxylation is 1. The molecule has 3 aromatic carbocycles. The number of hydrogen-bond donors (Lipinski definition) is 0. The van der Waals surface area contributed by atoms with Gasteiger partial charge in [0, 0.05) is 20.1 Å². The van der Waals surface area contributed by atoms with Gasteiger partial charge in [-0.3, -0.25) is 4.79 Å². The molecule has 0 amide bonds. The molecule has 0 aromatic heterocycles. The zero-order valence-corrected chi connectivity index (χ0v) is 14.5. The van der Waals surface area contributed by atoms with E-state index in [0.29, 0.717) is 0 Å². The minimum atomic E-state index is 0.0532. The predicted octanol–water partition coefficient (Wildman–Crippen LogP) is 5.90. The predicted molar refractivity (Wildman–Crippen MR) is 94.0 cm³/mol. The molecule has 0 radical (unpaired) electrons. The number of fused-ring (bicyclic) bond motifs is 1. The Morgan fingerprint density at radius 3 is 2.33 bits per heavy atom. The number of ketones is 1. The Morgan fingerprint density at radius 2 is 1.57 bits per heavy atom. The smallest absolute Gasteiger partial charge is 0.193 e. The Labute approximate surface area is 140 Å². The van der Waals surface area contributed by atoms with Gasteiger partial charge in [-0.15, -0.1) is 0 Å². The average Bonchev–Trinajstić information content (AvgIpc) is 2.50. The van der Waals surface area contributed by atoms with Crippen LogP contribution in [0.2, 0.25) is 0 Å². The number of rotatable bonds is 2. The SMILES string of the molecule is Cc1ccc(Br)cc1C(=O)c1ccc(Br)c2ccccc12. The van der Waals surface area contributed by atoms with Crippen LogP contribution in [0, 0.1) is 6.92 Å². The molecule has 0 heterocycles. The van der Waals surface area contributed by atoms with E-state index in [-0.39, 0.29) is 5.78 Å². The number of hydrogen-bond acceptors (Lipinski definition) is 1. The van der Waals surface area contributed by atoms with Crippen LogP contribution in [0.15, 0.2) is 63.5 Å². The Morgan fingerprint density at radius 1 is 0.857 bits per heavy atom. The van der Waals surface area contributed by atoms with Gasteiger partial charge in [-0.2, -0.15) is 0 Å². The first-order chi connectivity index (χ1) is 10.1. The molecule has 3 aromatic rings. The van der Waals surface area contributed by atoms with Gasteiger partial charge in [-0.1, -0.05) is 62.2 Å². The normalized spacial score (nSPS) is 10.8. The van der Waals surface area contributed by atoms with Crippen molar-refractivity contribution in [3.8, 4) is 0 Å². The molecule has 3 rings (SSSR count). The van der Waals surface area contributed by atoms with E-state index in [1.54, 1.807) is 0 Å². The zero-order valence-electron chi connectivity index (χ0n) is 11.4. The summed E-state index contributed by atoms with van der Waals surface area (Å²) in [5, 5.41) is 2.02. The second-order valence-electron chi connectivity index (χ2n) is 4.93. The lowest BCUT2D eigenvalue weighted by molar-refractivity contribution is 0.103. The van der Waals surface area contributed by atoms with Gasteiger partial charge >= 0.3 is 0 Å². The lowest BCUT2D eigenvalue weighted by atomic mass is 9.95. The fourth-order valence-electron chi connectivity index (χ4n) is 2.44. The minimum absolute atomic E-state index is 0.0532. The third kappa shape index (κ3) is 2.68. The number of benzene rings is 3. The number of halogens is 2. The van der Waals surface area contributed by atoms with Crippen LogP contribution in [0.1, 0.15) is 21.5 Å². The van der Waals surface area contributed by atoms with Crippen molar-refractivity contribution in [3.63, 3.8) is 0 Å². The van der Waals surface area contributed by atoms with E-state index in [1.807, 2.05) is 61.5 Å². The van der Waals surface area contributed by atoms with Crippen LogP contribution in [0.4, 0.5) is 0 Å². The standard InChI is InChI=1S/C18H12Br2O/c1-11-6-7-12(19)10-16(11)18(21)15-8-9-17(20)14-5-3-2-4-13(14)15/h2-10H,1H3. The highest BCUT2D eigenvalue weighted by Crippen LogP contribution is 2.29. The molecule has 0 fully saturated rings. The maximum atomic E-state index is 12.9. The summed E-state index contributed by atoms with van der Waals surface area (Å²) in [6.07, 6.45) is 0. The highest BCUT2D eigenvalue weighted by Gasteiger charge is 2.15. The summed E-state index contributed by atoms with van der Waals surface area (Å²) >= 11 is 6.98. The largest absolute Gasteiger partial charge is 0.289 e. The molecular weight excluding hydrogens is 392 g/mol. The third-order valence-corrected chi connectivity index (χ3v) is 4.74. The van der Waals surface area contributed by atoms with E-state index in [1.165, 1.54) is 0 Å². The molecular formula is C18H12Br2O. The summed E-state index contributed by atoms with van der Waals surface area (Å²) < 4.78 is 1.92. The summed E-state index contributed by atoms with van der Waals surface area (Å²) in [5.41, 5.74) is 2.45. The molecule has 104 valence electrons. The van der Waals surface area contributed by atoms with Crippen molar-refractivity contribution in [2.75, 3.05) is 0 Å². The quantitative estimate of drug-likeness (QED) is 0.486. The van der Waals surface area contributed by atoms with Gasteiger partial charge < -0.3 is 0 Å². The van der Waals surface area contributed by atoms with Crippen molar-refractivity contribution in [3.05, 3.63) is 80.2 Å². The summed E-state index contributed by atoms with van der Waals surface area (Å²) in [6.45, 7) is 1.96. The van der Waals surface area contributed by atoms with E-state index < -0.39 is 0 Å². The summed E-state index contributed by atoms with van der Waals surface area (Å²) in [7, 11) is 0.